The fraction of sp³-hybridized carbons (Fsp3) is 0.615. The molecule has 0 fully saturated rings. The van der Waals surface area contributed by atoms with Crippen LogP contribution in [0.5, 0.6) is 0 Å². The van der Waals surface area contributed by atoms with Gasteiger partial charge in [0.1, 0.15) is 0 Å². The molecule has 0 atom stereocenters. The van der Waals surface area contributed by atoms with Gasteiger partial charge in [-0.3, -0.25) is 0 Å². The summed E-state index contributed by atoms with van der Waals surface area (Å²) in [6, 6.07) is 4.89. The number of hydrogen-bond donors (Lipinski definition) is 1. The molecule has 2 aromatic rings. The van der Waals surface area contributed by atoms with Crippen molar-refractivity contribution in [3.8, 4) is 0 Å². The molecule has 1 N–H and O–H groups in total. The van der Waals surface area contributed by atoms with Crippen molar-refractivity contribution in [3.05, 3.63) is 21.9 Å². The van der Waals surface area contributed by atoms with Crippen LogP contribution in [0.1, 0.15) is 30.5 Å². The molecule has 0 aliphatic heterocycles. The van der Waals surface area contributed by atoms with Crippen molar-refractivity contribution < 1.29 is 0 Å². The monoisotopic (exact) mass is 311 g/mol. The number of aryl methyl sites for hydroxylation is 1. The highest BCUT2D eigenvalue weighted by atomic mass is 32.2. The molecule has 2 heterocycles. The zero-order valence-electron chi connectivity index (χ0n) is 12.2. The molecular weight excluding hydrogens is 290 g/mol. The van der Waals surface area contributed by atoms with Crippen molar-refractivity contribution in [2.45, 2.75) is 50.7 Å². The predicted molar refractivity (Wildman–Crippen MR) is 84.2 cm³/mol. The summed E-state index contributed by atoms with van der Waals surface area (Å²) >= 11 is 3.57. The van der Waals surface area contributed by atoms with Gasteiger partial charge in [0.2, 0.25) is 5.16 Å². The van der Waals surface area contributed by atoms with E-state index in [4.69, 9.17) is 0 Å². The summed E-state index contributed by atoms with van der Waals surface area (Å²) in [6.07, 6.45) is 1.11. The summed E-state index contributed by atoms with van der Waals surface area (Å²) in [6.45, 7) is 8.15. The molecule has 7 heteroatoms. The average Bonchev–Trinajstić information content (AvgIpc) is 3.04. The molecule has 0 aromatic carbocycles. The highest BCUT2D eigenvalue weighted by Gasteiger charge is 2.08. The van der Waals surface area contributed by atoms with E-state index >= 15 is 0 Å². The Morgan fingerprint density at radius 3 is 2.85 bits per heavy atom. The normalized spacial score (nSPS) is 11.4. The Labute approximate surface area is 128 Å². The zero-order chi connectivity index (χ0) is 14.4. The Morgan fingerprint density at radius 2 is 2.15 bits per heavy atom. The van der Waals surface area contributed by atoms with Crippen LogP contribution in [0.2, 0.25) is 0 Å². The average molecular weight is 311 g/mol. The van der Waals surface area contributed by atoms with E-state index in [-0.39, 0.29) is 0 Å². The van der Waals surface area contributed by atoms with Crippen LogP contribution in [0, 0.1) is 0 Å². The summed E-state index contributed by atoms with van der Waals surface area (Å²) in [4.78, 5) is 2.81. The molecule has 0 saturated carbocycles. The third-order valence-electron chi connectivity index (χ3n) is 2.78. The van der Waals surface area contributed by atoms with Crippen LogP contribution < -0.4 is 5.32 Å². The first-order valence-electron chi connectivity index (χ1n) is 6.89. The van der Waals surface area contributed by atoms with Crippen molar-refractivity contribution >= 4 is 23.1 Å². The van der Waals surface area contributed by atoms with Gasteiger partial charge in [0.05, 0.1) is 6.54 Å². The zero-order valence-corrected chi connectivity index (χ0v) is 13.8. The Balaban J connectivity index is 1.85. The summed E-state index contributed by atoms with van der Waals surface area (Å²) < 4.78 is 1.87. The summed E-state index contributed by atoms with van der Waals surface area (Å²) in [5.41, 5.74) is 0. The van der Waals surface area contributed by atoms with E-state index in [1.54, 1.807) is 11.8 Å². The number of nitrogens with zero attached hydrogens (tertiary/aromatic N) is 4. The molecule has 0 radical (unpaired) electrons. The Morgan fingerprint density at radius 1 is 1.35 bits per heavy atom. The quantitative estimate of drug-likeness (QED) is 0.759. The van der Waals surface area contributed by atoms with Crippen LogP contribution in [0.15, 0.2) is 17.3 Å². The summed E-state index contributed by atoms with van der Waals surface area (Å²) in [5, 5.41) is 16.2. The molecule has 0 spiro atoms. The van der Waals surface area contributed by atoms with Gasteiger partial charge in [0.15, 0.2) is 0 Å². The van der Waals surface area contributed by atoms with Crippen molar-refractivity contribution in [2.24, 2.45) is 0 Å². The number of hydrogen-bond acceptors (Lipinski definition) is 6. The number of aromatic nitrogens is 4. The molecule has 20 heavy (non-hydrogen) atoms. The Kier molecular flexibility index (Phi) is 6.00. The van der Waals surface area contributed by atoms with Crippen molar-refractivity contribution in [1.82, 2.24) is 25.5 Å². The van der Waals surface area contributed by atoms with E-state index in [0.717, 1.165) is 30.4 Å². The molecule has 2 rings (SSSR count). The fourth-order valence-corrected chi connectivity index (χ4v) is 3.63. The third kappa shape index (κ3) is 4.57. The van der Waals surface area contributed by atoms with E-state index in [1.165, 1.54) is 9.75 Å². The van der Waals surface area contributed by atoms with E-state index in [2.05, 4.69) is 53.7 Å². The van der Waals surface area contributed by atoms with E-state index < -0.39 is 0 Å². The first-order valence-corrected chi connectivity index (χ1v) is 8.69. The molecule has 2 aromatic heterocycles. The van der Waals surface area contributed by atoms with Gasteiger partial charge < -0.3 is 5.32 Å². The molecule has 0 aliphatic carbocycles. The van der Waals surface area contributed by atoms with Gasteiger partial charge in [0.25, 0.3) is 0 Å². The van der Waals surface area contributed by atoms with Crippen molar-refractivity contribution in [1.29, 1.82) is 0 Å². The van der Waals surface area contributed by atoms with Crippen LogP contribution >= 0.6 is 23.1 Å². The molecule has 5 nitrogen and oxygen atoms in total. The number of thiophene rings is 1. The van der Waals surface area contributed by atoms with Gasteiger partial charge >= 0.3 is 0 Å². The number of nitrogens with one attached hydrogen (secondary N) is 1. The Hall–Kier alpha value is -0.920. The van der Waals surface area contributed by atoms with E-state index in [0.29, 0.717) is 6.04 Å². The third-order valence-corrected chi connectivity index (χ3v) is 5.20. The molecule has 110 valence electrons. The second-order valence-electron chi connectivity index (χ2n) is 4.80. The van der Waals surface area contributed by atoms with Gasteiger partial charge in [-0.1, -0.05) is 32.5 Å². The minimum atomic E-state index is 0.487. The predicted octanol–water partition coefficient (Wildman–Crippen LogP) is 2.59. The lowest BCUT2D eigenvalue weighted by molar-refractivity contribution is 0.485. The van der Waals surface area contributed by atoms with Gasteiger partial charge in [0, 0.05) is 28.1 Å². The first kappa shape index (κ1) is 15.5. The SMILES string of the molecule is CCc1ccc(CSc2nnnn2CCNC(C)C)s1. The maximum atomic E-state index is 4.10. The minimum absolute atomic E-state index is 0.487. The van der Waals surface area contributed by atoms with Crippen LogP contribution in [0.25, 0.3) is 0 Å². The molecule has 0 saturated heterocycles. The molecule has 0 bridgehead atoms. The largest absolute Gasteiger partial charge is 0.313 e. The second-order valence-corrected chi connectivity index (χ2v) is 7.00. The van der Waals surface area contributed by atoms with Crippen LogP contribution in [-0.4, -0.2) is 32.8 Å². The molecular formula is C13H21N5S2. The van der Waals surface area contributed by atoms with Crippen LogP contribution in [0.4, 0.5) is 0 Å². The van der Waals surface area contributed by atoms with Crippen LogP contribution in [0.3, 0.4) is 0 Å². The molecule has 0 aliphatic rings. The maximum absolute atomic E-state index is 4.10. The second kappa shape index (κ2) is 7.75. The number of rotatable bonds is 8. The van der Waals surface area contributed by atoms with Crippen molar-refractivity contribution in [2.75, 3.05) is 6.54 Å². The van der Waals surface area contributed by atoms with Gasteiger partial charge in [-0.25, -0.2) is 4.68 Å². The van der Waals surface area contributed by atoms with E-state index in [9.17, 15) is 0 Å². The lowest BCUT2D eigenvalue weighted by Gasteiger charge is -2.08. The minimum Gasteiger partial charge on any atom is -0.313 e. The topological polar surface area (TPSA) is 55.6 Å². The highest BCUT2D eigenvalue weighted by molar-refractivity contribution is 7.98. The lowest BCUT2D eigenvalue weighted by Crippen LogP contribution is -2.27. The van der Waals surface area contributed by atoms with Gasteiger partial charge in [-0.2, -0.15) is 0 Å². The molecule has 0 amide bonds. The smallest absolute Gasteiger partial charge is 0.209 e. The summed E-state index contributed by atoms with van der Waals surface area (Å²) in [7, 11) is 0. The number of tetrazole rings is 1. The van der Waals surface area contributed by atoms with Crippen LogP contribution in [-0.2, 0) is 18.7 Å². The van der Waals surface area contributed by atoms with Gasteiger partial charge in [-0.05, 0) is 29.0 Å². The van der Waals surface area contributed by atoms with E-state index in [1.807, 2.05) is 16.0 Å². The lowest BCUT2D eigenvalue weighted by atomic mass is 10.4. The fourth-order valence-electron chi connectivity index (χ4n) is 1.72. The number of thioether (sulfide) groups is 1. The molecule has 0 unspecified atom stereocenters. The Bertz CT molecular complexity index is 520. The highest BCUT2D eigenvalue weighted by Crippen LogP contribution is 2.25. The maximum Gasteiger partial charge on any atom is 0.209 e. The summed E-state index contributed by atoms with van der Waals surface area (Å²) in [5.74, 6) is 0.933. The standard InChI is InChI=1S/C13H21N5S2/c1-4-11-5-6-12(20-11)9-19-13-15-16-17-18(13)8-7-14-10(2)3/h5-6,10,14H,4,7-9H2,1-3H3. The van der Waals surface area contributed by atoms with Gasteiger partial charge in [-0.15, -0.1) is 16.4 Å². The first-order chi connectivity index (χ1) is 9.69. The van der Waals surface area contributed by atoms with Crippen molar-refractivity contribution in [3.63, 3.8) is 0 Å².